The second-order valence-electron chi connectivity index (χ2n) is 5.53. The molecule has 1 saturated heterocycles. The van der Waals surface area contributed by atoms with Gasteiger partial charge < -0.3 is 14.8 Å². The van der Waals surface area contributed by atoms with Crippen LogP contribution >= 0.6 is 12.4 Å². The average molecular weight is 383 g/mol. The Morgan fingerprint density at radius 1 is 1.33 bits per heavy atom. The minimum absolute atomic E-state index is 0. The summed E-state index contributed by atoms with van der Waals surface area (Å²) in [5.41, 5.74) is 0. The fourth-order valence-corrected chi connectivity index (χ4v) is 4.38. The first kappa shape index (κ1) is 21.1. The van der Waals surface area contributed by atoms with Crippen molar-refractivity contribution in [3.8, 4) is 5.75 Å². The molecule has 1 aliphatic rings. The first-order chi connectivity index (χ1) is 10.9. The van der Waals surface area contributed by atoms with Gasteiger partial charge in [0.2, 0.25) is 10.0 Å². The second kappa shape index (κ2) is 8.96. The van der Waals surface area contributed by atoms with E-state index >= 15 is 0 Å². The monoisotopic (exact) mass is 382 g/mol. The molecule has 2 unspecified atom stereocenters. The third-order valence-electron chi connectivity index (χ3n) is 4.01. The van der Waals surface area contributed by atoms with Gasteiger partial charge >= 0.3 is 0 Å². The standard InChI is InChI=1S/C15H23FN2O4S.ClH/c1-11-12(2)18(7-6-17-11)23(19,20)15-10-13(16)4-5-14(15)22-9-8-21-3;/h4-5,10-12,17H,6-9H2,1-3H3;1H. The van der Waals surface area contributed by atoms with Gasteiger partial charge in [-0.2, -0.15) is 4.31 Å². The molecule has 1 aliphatic heterocycles. The molecule has 2 atom stereocenters. The summed E-state index contributed by atoms with van der Waals surface area (Å²) in [6, 6.07) is 3.32. The number of halogens is 2. The Hall–Kier alpha value is -0.930. The lowest BCUT2D eigenvalue weighted by molar-refractivity contribution is 0.144. The molecule has 0 radical (unpaired) electrons. The zero-order chi connectivity index (χ0) is 17.0. The van der Waals surface area contributed by atoms with E-state index in [1.54, 1.807) is 0 Å². The third kappa shape index (κ3) is 4.58. The quantitative estimate of drug-likeness (QED) is 0.757. The number of nitrogens with one attached hydrogen (secondary N) is 1. The van der Waals surface area contributed by atoms with Crippen molar-refractivity contribution in [1.82, 2.24) is 9.62 Å². The maximum Gasteiger partial charge on any atom is 0.247 e. The lowest BCUT2D eigenvalue weighted by Gasteiger charge is -2.37. The summed E-state index contributed by atoms with van der Waals surface area (Å²) >= 11 is 0. The highest BCUT2D eigenvalue weighted by Crippen LogP contribution is 2.30. The Kier molecular flexibility index (Phi) is 7.88. The zero-order valence-electron chi connectivity index (χ0n) is 14.0. The summed E-state index contributed by atoms with van der Waals surface area (Å²) in [4.78, 5) is -0.144. The number of sulfonamides is 1. The van der Waals surface area contributed by atoms with Gasteiger partial charge in [0.1, 0.15) is 23.1 Å². The van der Waals surface area contributed by atoms with Gasteiger partial charge in [0, 0.05) is 32.3 Å². The van der Waals surface area contributed by atoms with Crippen LogP contribution in [0.1, 0.15) is 13.8 Å². The number of benzene rings is 1. The van der Waals surface area contributed by atoms with Gasteiger partial charge in [-0.3, -0.25) is 0 Å². The number of piperazine rings is 1. The molecule has 9 heteroatoms. The molecule has 138 valence electrons. The van der Waals surface area contributed by atoms with E-state index in [1.165, 1.54) is 23.5 Å². The van der Waals surface area contributed by atoms with Gasteiger partial charge in [0.25, 0.3) is 0 Å². The largest absolute Gasteiger partial charge is 0.490 e. The number of hydrogen-bond acceptors (Lipinski definition) is 5. The average Bonchev–Trinajstić information content (AvgIpc) is 2.51. The predicted molar refractivity (Wildman–Crippen MR) is 91.8 cm³/mol. The fraction of sp³-hybridized carbons (Fsp3) is 0.600. The summed E-state index contributed by atoms with van der Waals surface area (Å²) in [5.74, 6) is -0.472. The molecule has 1 N–H and O–H groups in total. The van der Waals surface area contributed by atoms with E-state index in [4.69, 9.17) is 9.47 Å². The highest BCUT2D eigenvalue weighted by molar-refractivity contribution is 7.89. The van der Waals surface area contributed by atoms with E-state index in [9.17, 15) is 12.8 Å². The molecule has 2 rings (SSSR count). The van der Waals surface area contributed by atoms with Gasteiger partial charge in [0.15, 0.2) is 0 Å². The third-order valence-corrected chi connectivity index (χ3v) is 6.02. The van der Waals surface area contributed by atoms with Crippen molar-refractivity contribution in [2.24, 2.45) is 0 Å². The fourth-order valence-electron chi connectivity index (χ4n) is 2.53. The van der Waals surface area contributed by atoms with Gasteiger partial charge in [0.05, 0.1) is 6.61 Å². The second-order valence-corrected chi connectivity index (χ2v) is 7.39. The zero-order valence-corrected chi connectivity index (χ0v) is 15.6. The van der Waals surface area contributed by atoms with E-state index in [-0.39, 0.29) is 41.7 Å². The van der Waals surface area contributed by atoms with Crippen LogP contribution in [0, 0.1) is 5.82 Å². The molecule has 1 aromatic carbocycles. The highest BCUT2D eigenvalue weighted by atomic mass is 35.5. The van der Waals surface area contributed by atoms with E-state index in [0.29, 0.717) is 19.7 Å². The Morgan fingerprint density at radius 3 is 2.71 bits per heavy atom. The first-order valence-corrected chi connectivity index (χ1v) is 8.98. The van der Waals surface area contributed by atoms with Crippen molar-refractivity contribution in [3.63, 3.8) is 0 Å². The maximum atomic E-state index is 13.6. The van der Waals surface area contributed by atoms with Crippen LogP contribution in [0.4, 0.5) is 4.39 Å². The van der Waals surface area contributed by atoms with Crippen molar-refractivity contribution >= 4 is 22.4 Å². The van der Waals surface area contributed by atoms with E-state index < -0.39 is 15.8 Å². The molecule has 24 heavy (non-hydrogen) atoms. The number of hydrogen-bond donors (Lipinski definition) is 1. The summed E-state index contributed by atoms with van der Waals surface area (Å²) in [6.45, 7) is 5.16. The Morgan fingerprint density at radius 2 is 2.04 bits per heavy atom. The van der Waals surface area contributed by atoms with E-state index in [0.717, 1.165) is 6.07 Å². The first-order valence-electron chi connectivity index (χ1n) is 7.54. The summed E-state index contributed by atoms with van der Waals surface area (Å²) in [5, 5.41) is 3.23. The van der Waals surface area contributed by atoms with Crippen molar-refractivity contribution in [2.45, 2.75) is 30.8 Å². The molecule has 0 saturated carbocycles. The molecular formula is C15H24ClFN2O4S. The summed E-state index contributed by atoms with van der Waals surface area (Å²) < 4.78 is 51.3. The molecule has 1 aromatic rings. The van der Waals surface area contributed by atoms with Crippen LogP contribution in [0.25, 0.3) is 0 Å². The van der Waals surface area contributed by atoms with Gasteiger partial charge in [-0.15, -0.1) is 12.4 Å². The maximum absolute atomic E-state index is 13.6. The summed E-state index contributed by atoms with van der Waals surface area (Å²) in [7, 11) is -2.32. The lowest BCUT2D eigenvalue weighted by atomic mass is 10.1. The normalized spacial score (nSPS) is 22.0. The van der Waals surface area contributed by atoms with Crippen LogP contribution in [-0.4, -0.2) is 58.2 Å². The summed E-state index contributed by atoms with van der Waals surface area (Å²) in [6.07, 6.45) is 0. The van der Waals surface area contributed by atoms with Crippen molar-refractivity contribution < 1.29 is 22.3 Å². The molecule has 1 fully saturated rings. The van der Waals surface area contributed by atoms with Crippen LogP contribution in [0.5, 0.6) is 5.75 Å². The van der Waals surface area contributed by atoms with Crippen molar-refractivity contribution in [1.29, 1.82) is 0 Å². The van der Waals surface area contributed by atoms with E-state index in [1.807, 2.05) is 13.8 Å². The molecule has 0 amide bonds. The molecule has 6 nitrogen and oxygen atoms in total. The predicted octanol–water partition coefficient (Wildman–Crippen LogP) is 1.64. The van der Waals surface area contributed by atoms with Crippen molar-refractivity contribution in [3.05, 3.63) is 24.0 Å². The van der Waals surface area contributed by atoms with Gasteiger partial charge in [-0.05, 0) is 32.0 Å². The lowest BCUT2D eigenvalue weighted by Crippen LogP contribution is -2.57. The molecular weight excluding hydrogens is 359 g/mol. The number of methoxy groups -OCH3 is 1. The van der Waals surface area contributed by atoms with Gasteiger partial charge in [-0.25, -0.2) is 12.8 Å². The smallest absolute Gasteiger partial charge is 0.247 e. The Labute approximate surface area is 148 Å². The van der Waals surface area contributed by atoms with E-state index in [2.05, 4.69) is 5.32 Å². The molecule has 0 spiro atoms. The minimum Gasteiger partial charge on any atom is -0.490 e. The van der Waals surface area contributed by atoms with Crippen LogP contribution in [0.15, 0.2) is 23.1 Å². The van der Waals surface area contributed by atoms with Crippen LogP contribution in [0.2, 0.25) is 0 Å². The minimum atomic E-state index is -3.85. The highest BCUT2D eigenvalue weighted by Gasteiger charge is 2.36. The van der Waals surface area contributed by atoms with Crippen LogP contribution in [-0.2, 0) is 14.8 Å². The number of ether oxygens (including phenoxy) is 2. The Bertz CT molecular complexity index is 644. The van der Waals surface area contributed by atoms with Gasteiger partial charge in [-0.1, -0.05) is 0 Å². The van der Waals surface area contributed by atoms with Crippen LogP contribution < -0.4 is 10.1 Å². The molecule has 1 heterocycles. The molecule has 0 aliphatic carbocycles. The molecule has 0 aromatic heterocycles. The van der Waals surface area contributed by atoms with Crippen LogP contribution in [0.3, 0.4) is 0 Å². The number of rotatable bonds is 6. The SMILES string of the molecule is COCCOc1ccc(F)cc1S(=O)(=O)N1CCNC(C)C1C.Cl. The number of nitrogens with zero attached hydrogens (tertiary/aromatic N) is 1. The Balaban J connectivity index is 0.00000288. The molecule has 0 bridgehead atoms. The topological polar surface area (TPSA) is 67.9 Å². The van der Waals surface area contributed by atoms with Crippen molar-refractivity contribution in [2.75, 3.05) is 33.4 Å².